The molecular weight excluding hydrogens is 434 g/mol. The van der Waals surface area contributed by atoms with Gasteiger partial charge in [0.15, 0.2) is 11.5 Å². The van der Waals surface area contributed by atoms with Crippen LogP contribution in [0, 0.1) is 0 Å². The number of sulfonamides is 1. The number of rotatable bonds is 7. The Morgan fingerprint density at radius 1 is 1.00 bits per heavy atom. The second-order valence-corrected chi connectivity index (χ2v) is 9.70. The number of ether oxygens (including phenoxy) is 2. The summed E-state index contributed by atoms with van der Waals surface area (Å²) in [6.07, 6.45) is 1.59. The molecule has 4 aromatic rings. The van der Waals surface area contributed by atoms with Crippen LogP contribution in [-0.2, 0) is 23.1 Å². The minimum absolute atomic E-state index is 0.132. The summed E-state index contributed by atoms with van der Waals surface area (Å²) in [6, 6.07) is 18.9. The van der Waals surface area contributed by atoms with E-state index in [1.165, 1.54) is 11.3 Å². The van der Waals surface area contributed by atoms with Crippen molar-refractivity contribution < 1.29 is 17.9 Å². The molecule has 0 saturated heterocycles. The zero-order valence-corrected chi connectivity index (χ0v) is 18.0. The first-order valence-electron chi connectivity index (χ1n) is 9.62. The molecule has 31 heavy (non-hydrogen) atoms. The van der Waals surface area contributed by atoms with Gasteiger partial charge in [-0.3, -0.25) is 4.68 Å². The maximum atomic E-state index is 13.2. The van der Waals surface area contributed by atoms with E-state index >= 15 is 0 Å². The Labute approximate surface area is 183 Å². The minimum atomic E-state index is -3.80. The molecule has 0 fully saturated rings. The van der Waals surface area contributed by atoms with Crippen LogP contribution in [0.1, 0.15) is 11.1 Å². The van der Waals surface area contributed by atoms with Crippen LogP contribution in [0.5, 0.6) is 11.5 Å². The lowest BCUT2D eigenvalue weighted by molar-refractivity contribution is 0.174. The largest absolute Gasteiger partial charge is 0.454 e. The third-order valence-electron chi connectivity index (χ3n) is 4.86. The second kappa shape index (κ2) is 8.18. The van der Waals surface area contributed by atoms with Crippen molar-refractivity contribution in [2.24, 2.45) is 0 Å². The Balaban J connectivity index is 1.43. The van der Waals surface area contributed by atoms with Crippen LogP contribution in [0.3, 0.4) is 0 Å². The molecule has 7 nitrogen and oxygen atoms in total. The highest BCUT2D eigenvalue weighted by Crippen LogP contribution is 2.33. The number of aromatic nitrogens is 2. The molecule has 0 unspecified atom stereocenters. The smallest absolute Gasteiger partial charge is 0.244 e. The summed E-state index contributed by atoms with van der Waals surface area (Å²) in [5, 5.41) is 6.49. The standard InChI is InChI=1S/C22H19N3O4S2/c26-31(27,23-12-17-8-9-18-19(11-17)29-15-28-18)21-14-25(13-16-5-2-1-3-6-16)24-22(21)20-7-4-10-30-20/h1-11,14,23H,12-13,15H2. The third kappa shape index (κ3) is 4.20. The number of benzene rings is 2. The Morgan fingerprint density at radius 2 is 1.84 bits per heavy atom. The SMILES string of the molecule is O=S(=O)(NCc1ccc2c(c1)OCO2)c1cn(Cc2ccccc2)nc1-c1cccs1. The molecule has 0 spiro atoms. The first-order valence-corrected chi connectivity index (χ1v) is 12.0. The summed E-state index contributed by atoms with van der Waals surface area (Å²) in [4.78, 5) is 0.960. The number of thiophene rings is 1. The van der Waals surface area contributed by atoms with Crippen LogP contribution in [0.15, 0.2) is 77.1 Å². The number of nitrogens with zero attached hydrogens (tertiary/aromatic N) is 2. The van der Waals surface area contributed by atoms with Gasteiger partial charge in [0.2, 0.25) is 16.8 Å². The van der Waals surface area contributed by atoms with Crippen LogP contribution in [0.25, 0.3) is 10.6 Å². The summed E-state index contributed by atoms with van der Waals surface area (Å²) in [5.74, 6) is 1.28. The van der Waals surface area contributed by atoms with Gasteiger partial charge in [0.1, 0.15) is 10.6 Å². The van der Waals surface area contributed by atoms with Gasteiger partial charge in [-0.2, -0.15) is 5.10 Å². The number of fused-ring (bicyclic) bond motifs is 1. The van der Waals surface area contributed by atoms with E-state index in [0.29, 0.717) is 23.7 Å². The highest BCUT2D eigenvalue weighted by Gasteiger charge is 2.24. The van der Waals surface area contributed by atoms with Gasteiger partial charge in [-0.1, -0.05) is 42.5 Å². The molecule has 158 valence electrons. The van der Waals surface area contributed by atoms with Crippen molar-refractivity contribution >= 4 is 21.4 Å². The topological polar surface area (TPSA) is 82.5 Å². The molecule has 1 aliphatic heterocycles. The van der Waals surface area contributed by atoms with Crippen LogP contribution in [0.2, 0.25) is 0 Å². The summed E-state index contributed by atoms with van der Waals surface area (Å²) >= 11 is 1.46. The average Bonchev–Trinajstić information content (AvgIpc) is 3.53. The van der Waals surface area contributed by atoms with E-state index in [9.17, 15) is 8.42 Å². The first-order chi connectivity index (χ1) is 15.1. The minimum Gasteiger partial charge on any atom is -0.454 e. The Kier molecular flexibility index (Phi) is 5.23. The predicted octanol–water partition coefficient (Wildman–Crippen LogP) is 3.87. The van der Waals surface area contributed by atoms with E-state index in [2.05, 4.69) is 9.82 Å². The fourth-order valence-corrected chi connectivity index (χ4v) is 5.31. The van der Waals surface area contributed by atoms with E-state index in [1.54, 1.807) is 23.0 Å². The molecule has 0 radical (unpaired) electrons. The van der Waals surface area contributed by atoms with Crippen molar-refractivity contribution in [2.45, 2.75) is 18.0 Å². The fraction of sp³-hybridized carbons (Fsp3) is 0.136. The quantitative estimate of drug-likeness (QED) is 0.459. The van der Waals surface area contributed by atoms with E-state index in [1.807, 2.05) is 53.9 Å². The molecule has 1 aliphatic rings. The summed E-state index contributed by atoms with van der Waals surface area (Å²) in [7, 11) is -3.80. The molecule has 0 atom stereocenters. The second-order valence-electron chi connectivity index (χ2n) is 7.01. The van der Waals surface area contributed by atoms with Crippen LogP contribution in [-0.4, -0.2) is 25.0 Å². The van der Waals surface area contributed by atoms with Crippen molar-refractivity contribution in [2.75, 3.05) is 6.79 Å². The van der Waals surface area contributed by atoms with Crippen molar-refractivity contribution in [1.29, 1.82) is 0 Å². The van der Waals surface area contributed by atoms with Gasteiger partial charge in [0.05, 0.1) is 11.4 Å². The molecule has 5 rings (SSSR count). The van der Waals surface area contributed by atoms with Crippen LogP contribution >= 0.6 is 11.3 Å². The third-order valence-corrected chi connectivity index (χ3v) is 7.14. The van der Waals surface area contributed by atoms with Crippen molar-refractivity contribution in [3.05, 3.63) is 83.4 Å². The zero-order valence-electron chi connectivity index (χ0n) is 16.4. The molecule has 0 bridgehead atoms. The Hall–Kier alpha value is -3.14. The molecular formula is C22H19N3O4S2. The molecule has 1 N–H and O–H groups in total. The van der Waals surface area contributed by atoms with Gasteiger partial charge >= 0.3 is 0 Å². The summed E-state index contributed by atoms with van der Waals surface area (Å²) in [5.41, 5.74) is 2.27. The number of nitrogens with one attached hydrogen (secondary N) is 1. The van der Waals surface area contributed by atoms with Crippen LogP contribution in [0.4, 0.5) is 0 Å². The number of hydrogen-bond donors (Lipinski definition) is 1. The van der Waals surface area contributed by atoms with E-state index in [0.717, 1.165) is 16.0 Å². The maximum absolute atomic E-state index is 13.2. The molecule has 2 aromatic heterocycles. The lowest BCUT2D eigenvalue weighted by Gasteiger charge is -2.07. The Morgan fingerprint density at radius 3 is 2.65 bits per heavy atom. The summed E-state index contributed by atoms with van der Waals surface area (Å²) < 4.78 is 41.4. The molecule has 0 aliphatic carbocycles. The van der Waals surface area contributed by atoms with Crippen LogP contribution < -0.4 is 14.2 Å². The number of hydrogen-bond acceptors (Lipinski definition) is 6. The lowest BCUT2D eigenvalue weighted by atomic mass is 10.2. The zero-order chi connectivity index (χ0) is 21.3. The van der Waals surface area contributed by atoms with Crippen molar-refractivity contribution in [3.8, 4) is 22.1 Å². The molecule has 0 amide bonds. The molecule has 3 heterocycles. The Bertz CT molecular complexity index is 1300. The van der Waals surface area contributed by atoms with E-state index < -0.39 is 10.0 Å². The summed E-state index contributed by atoms with van der Waals surface area (Å²) in [6.45, 7) is 0.791. The fourth-order valence-electron chi connectivity index (χ4n) is 3.34. The molecule has 9 heteroatoms. The lowest BCUT2D eigenvalue weighted by Crippen LogP contribution is -2.23. The molecule has 2 aromatic carbocycles. The van der Waals surface area contributed by atoms with Crippen molar-refractivity contribution in [3.63, 3.8) is 0 Å². The normalized spacial score (nSPS) is 12.9. The van der Waals surface area contributed by atoms with Gasteiger partial charge in [0.25, 0.3) is 0 Å². The van der Waals surface area contributed by atoms with E-state index in [-0.39, 0.29) is 18.2 Å². The van der Waals surface area contributed by atoms with Crippen molar-refractivity contribution in [1.82, 2.24) is 14.5 Å². The van der Waals surface area contributed by atoms with Gasteiger partial charge in [-0.15, -0.1) is 11.3 Å². The highest BCUT2D eigenvalue weighted by atomic mass is 32.2. The van der Waals surface area contributed by atoms with Gasteiger partial charge < -0.3 is 9.47 Å². The monoisotopic (exact) mass is 453 g/mol. The van der Waals surface area contributed by atoms with E-state index in [4.69, 9.17) is 9.47 Å². The van der Waals surface area contributed by atoms with Gasteiger partial charge in [0, 0.05) is 12.7 Å². The van der Waals surface area contributed by atoms with Gasteiger partial charge in [-0.25, -0.2) is 13.1 Å². The first kappa shape index (κ1) is 19.8. The van der Waals surface area contributed by atoms with Gasteiger partial charge in [-0.05, 0) is 34.7 Å². The maximum Gasteiger partial charge on any atom is 0.244 e. The molecule has 0 saturated carbocycles. The predicted molar refractivity (Wildman–Crippen MR) is 118 cm³/mol. The highest BCUT2D eigenvalue weighted by molar-refractivity contribution is 7.89. The average molecular weight is 454 g/mol.